The van der Waals surface area contributed by atoms with Gasteiger partial charge in [0.2, 0.25) is 5.91 Å². The number of amides is 1. The van der Waals surface area contributed by atoms with Crippen molar-refractivity contribution >= 4 is 5.91 Å². The van der Waals surface area contributed by atoms with Crippen molar-refractivity contribution in [2.75, 3.05) is 19.8 Å². The molecule has 0 aliphatic carbocycles. The van der Waals surface area contributed by atoms with E-state index in [0.717, 1.165) is 32.1 Å². The molecule has 0 bridgehead atoms. The molecule has 430 valence electrons. The third-order valence-electron chi connectivity index (χ3n) is 14.9. The predicted octanol–water partition coefficient (Wildman–Crippen LogP) is 10.1. The molecule has 2 rings (SSSR count). The quantitative estimate of drug-likeness (QED) is 0.0204. The van der Waals surface area contributed by atoms with E-state index in [1.54, 1.807) is 6.08 Å². The van der Waals surface area contributed by atoms with Gasteiger partial charge < -0.3 is 65.1 Å². The minimum absolute atomic E-state index is 0.248. The molecule has 14 heteroatoms. The lowest BCUT2D eigenvalue weighted by atomic mass is 9.97. The number of nitrogens with one attached hydrogen (secondary N) is 1. The van der Waals surface area contributed by atoms with Crippen LogP contribution in [0.5, 0.6) is 0 Å². The molecular weight excluding hydrogens is 931 g/mol. The molecule has 12 unspecified atom stereocenters. The standard InChI is InChI=1S/C59H111NO13/c1-3-5-7-9-11-13-15-17-18-19-20-21-22-23-24-25-26-27-28-29-30-31-32-34-36-38-40-42-48(63)47(60-51(64)43-41-39-37-35-33-16-14-12-10-8-6-4-2)46-70-58-56(69)54(67)57(50(45-62)72-58)73-59-55(68)53(66)52(65)49(44-61)71-59/h32,34,40,42,47-50,52-59,61-63,65-69H,3-31,33,35-39,41,43-46H2,1-2H3,(H,60,64)/b34-32+,42-40+. The van der Waals surface area contributed by atoms with Gasteiger partial charge in [-0.2, -0.15) is 0 Å². The summed E-state index contributed by atoms with van der Waals surface area (Å²) in [4.78, 5) is 13.2. The number of unbranched alkanes of at least 4 members (excludes halogenated alkanes) is 33. The lowest BCUT2D eigenvalue weighted by Gasteiger charge is -2.46. The third-order valence-corrected chi connectivity index (χ3v) is 14.9. The first kappa shape index (κ1) is 67.6. The van der Waals surface area contributed by atoms with Gasteiger partial charge in [0.05, 0.1) is 32.0 Å². The van der Waals surface area contributed by atoms with Crippen LogP contribution in [0.25, 0.3) is 0 Å². The van der Waals surface area contributed by atoms with Crippen LogP contribution >= 0.6 is 0 Å². The first-order chi connectivity index (χ1) is 35.6. The molecule has 2 saturated heterocycles. The summed E-state index contributed by atoms with van der Waals surface area (Å²) in [5.41, 5.74) is 0. The highest BCUT2D eigenvalue weighted by Crippen LogP contribution is 2.30. The van der Waals surface area contributed by atoms with Crippen LogP contribution in [0.15, 0.2) is 24.3 Å². The van der Waals surface area contributed by atoms with Crippen molar-refractivity contribution in [1.82, 2.24) is 5.32 Å². The highest BCUT2D eigenvalue weighted by atomic mass is 16.7. The number of rotatable bonds is 48. The Hall–Kier alpha value is -1.53. The zero-order valence-corrected chi connectivity index (χ0v) is 46.1. The van der Waals surface area contributed by atoms with Crippen molar-refractivity contribution in [3.05, 3.63) is 24.3 Å². The van der Waals surface area contributed by atoms with Gasteiger partial charge in [0.1, 0.15) is 48.8 Å². The lowest BCUT2D eigenvalue weighted by molar-refractivity contribution is -0.359. The minimum atomic E-state index is -1.79. The highest BCUT2D eigenvalue weighted by Gasteiger charge is 2.51. The maximum Gasteiger partial charge on any atom is 0.220 e. The van der Waals surface area contributed by atoms with Crippen LogP contribution in [-0.4, -0.2) is 140 Å². The maximum absolute atomic E-state index is 13.2. The maximum atomic E-state index is 13.2. The molecule has 9 N–H and O–H groups in total. The van der Waals surface area contributed by atoms with Gasteiger partial charge in [0, 0.05) is 6.42 Å². The fourth-order valence-corrected chi connectivity index (χ4v) is 10.0. The van der Waals surface area contributed by atoms with Gasteiger partial charge in [0.25, 0.3) is 0 Å². The van der Waals surface area contributed by atoms with Crippen molar-refractivity contribution in [2.24, 2.45) is 0 Å². The van der Waals surface area contributed by atoms with E-state index in [2.05, 4.69) is 31.3 Å². The van der Waals surface area contributed by atoms with E-state index in [4.69, 9.17) is 18.9 Å². The minimum Gasteiger partial charge on any atom is -0.394 e. The van der Waals surface area contributed by atoms with Gasteiger partial charge in [-0.1, -0.05) is 237 Å². The number of ether oxygens (including phenoxy) is 4. The number of allylic oxidation sites excluding steroid dienone is 3. The Morgan fingerprint density at radius 3 is 1.34 bits per heavy atom. The molecule has 0 aromatic rings. The van der Waals surface area contributed by atoms with Crippen LogP contribution < -0.4 is 5.32 Å². The molecule has 2 heterocycles. The molecule has 2 aliphatic rings. The largest absolute Gasteiger partial charge is 0.394 e. The average Bonchev–Trinajstić information content (AvgIpc) is 3.39. The third kappa shape index (κ3) is 31.5. The Kier molecular flexibility index (Phi) is 42.1. The molecule has 0 spiro atoms. The summed E-state index contributed by atoms with van der Waals surface area (Å²) in [6.45, 7) is 2.79. The SMILES string of the molecule is CCCCCCCCCCCCCCCCCCCCCCC/C=C/CC/C=C/C(O)C(COC1OC(CO)C(OC2OC(CO)C(O)C(O)C2O)C(O)C1O)NC(=O)CCCCCCCCCCCCCC. The normalized spacial score (nSPS) is 25.5. The smallest absolute Gasteiger partial charge is 0.220 e. The Morgan fingerprint density at radius 2 is 0.877 bits per heavy atom. The predicted molar refractivity (Wildman–Crippen MR) is 291 cm³/mol. The van der Waals surface area contributed by atoms with Gasteiger partial charge in [-0.3, -0.25) is 4.79 Å². The van der Waals surface area contributed by atoms with E-state index in [-0.39, 0.29) is 18.9 Å². The van der Waals surface area contributed by atoms with E-state index in [1.165, 1.54) is 186 Å². The Labute approximate surface area is 443 Å². The van der Waals surface area contributed by atoms with E-state index >= 15 is 0 Å². The van der Waals surface area contributed by atoms with E-state index in [1.807, 2.05) is 6.08 Å². The van der Waals surface area contributed by atoms with Crippen molar-refractivity contribution in [2.45, 2.75) is 325 Å². The zero-order chi connectivity index (χ0) is 53.2. The van der Waals surface area contributed by atoms with Crippen LogP contribution in [0, 0.1) is 0 Å². The van der Waals surface area contributed by atoms with Gasteiger partial charge in [-0.15, -0.1) is 0 Å². The molecule has 2 aliphatic heterocycles. The second-order valence-corrected chi connectivity index (χ2v) is 21.5. The summed E-state index contributed by atoms with van der Waals surface area (Å²) in [5.74, 6) is -0.248. The number of carbonyl (C=O) groups is 1. The van der Waals surface area contributed by atoms with Crippen molar-refractivity contribution in [3.8, 4) is 0 Å². The molecule has 0 aromatic carbocycles. The second-order valence-electron chi connectivity index (χ2n) is 21.5. The Balaban J connectivity index is 1.73. The summed E-state index contributed by atoms with van der Waals surface area (Å²) in [6, 6.07) is -0.927. The summed E-state index contributed by atoms with van der Waals surface area (Å²) < 4.78 is 22.7. The van der Waals surface area contributed by atoms with Crippen molar-refractivity contribution < 1.29 is 64.6 Å². The molecule has 0 saturated carbocycles. The molecule has 2 fully saturated rings. The van der Waals surface area contributed by atoms with Crippen molar-refractivity contribution in [1.29, 1.82) is 0 Å². The van der Waals surface area contributed by atoms with Gasteiger partial charge >= 0.3 is 0 Å². The van der Waals surface area contributed by atoms with Crippen LogP contribution in [-0.2, 0) is 23.7 Å². The fourth-order valence-electron chi connectivity index (χ4n) is 10.0. The number of hydrogen-bond donors (Lipinski definition) is 9. The van der Waals surface area contributed by atoms with Crippen LogP contribution in [0.2, 0.25) is 0 Å². The second kappa shape index (κ2) is 45.5. The first-order valence-corrected chi connectivity index (χ1v) is 30.1. The number of hydrogen-bond acceptors (Lipinski definition) is 13. The topological polar surface area (TPSA) is 228 Å². The molecule has 73 heavy (non-hydrogen) atoms. The average molecular weight is 1040 g/mol. The molecule has 1 amide bonds. The molecule has 12 atom stereocenters. The number of carbonyl (C=O) groups excluding carboxylic acids is 1. The van der Waals surface area contributed by atoms with E-state index < -0.39 is 86.8 Å². The van der Waals surface area contributed by atoms with Crippen LogP contribution in [0.4, 0.5) is 0 Å². The van der Waals surface area contributed by atoms with Crippen molar-refractivity contribution in [3.63, 3.8) is 0 Å². The van der Waals surface area contributed by atoms with Gasteiger partial charge in [-0.25, -0.2) is 0 Å². The fraction of sp³-hybridized carbons (Fsp3) is 0.915. The van der Waals surface area contributed by atoms with Gasteiger partial charge in [0.15, 0.2) is 12.6 Å². The highest BCUT2D eigenvalue weighted by molar-refractivity contribution is 5.76. The summed E-state index contributed by atoms with van der Waals surface area (Å²) in [5, 5.41) is 86.9. The van der Waals surface area contributed by atoms with Gasteiger partial charge in [-0.05, 0) is 32.1 Å². The summed E-state index contributed by atoms with van der Waals surface area (Å²) >= 11 is 0. The number of aliphatic hydroxyl groups excluding tert-OH is 8. The summed E-state index contributed by atoms with van der Waals surface area (Å²) in [6.07, 6.45) is 36.7. The van der Waals surface area contributed by atoms with E-state index in [0.29, 0.717) is 12.8 Å². The Morgan fingerprint density at radius 1 is 0.479 bits per heavy atom. The monoisotopic (exact) mass is 1040 g/mol. The molecule has 0 radical (unpaired) electrons. The molecule has 14 nitrogen and oxygen atoms in total. The zero-order valence-electron chi connectivity index (χ0n) is 46.1. The molecular formula is C59H111NO13. The summed E-state index contributed by atoms with van der Waals surface area (Å²) in [7, 11) is 0. The first-order valence-electron chi connectivity index (χ1n) is 30.1. The Bertz CT molecular complexity index is 1320. The number of aliphatic hydroxyl groups is 8. The van der Waals surface area contributed by atoms with E-state index in [9.17, 15) is 45.6 Å². The lowest BCUT2D eigenvalue weighted by Crippen LogP contribution is -2.65. The van der Waals surface area contributed by atoms with Crippen LogP contribution in [0.1, 0.15) is 251 Å². The van der Waals surface area contributed by atoms with Crippen LogP contribution in [0.3, 0.4) is 0 Å². The molecule has 0 aromatic heterocycles.